The number of benzene rings is 1. The van der Waals surface area contributed by atoms with Crippen molar-refractivity contribution in [3.05, 3.63) is 29.8 Å². The third kappa shape index (κ3) is 4.07. The van der Waals surface area contributed by atoms with Crippen molar-refractivity contribution < 1.29 is 14.3 Å². The van der Waals surface area contributed by atoms with Crippen LogP contribution in [0.3, 0.4) is 0 Å². The maximum atomic E-state index is 10.9. The van der Waals surface area contributed by atoms with Crippen molar-refractivity contribution in [2.75, 3.05) is 20.8 Å². The van der Waals surface area contributed by atoms with E-state index in [-0.39, 0.29) is 12.6 Å². The van der Waals surface area contributed by atoms with Crippen LogP contribution in [-0.2, 0) is 9.53 Å². The van der Waals surface area contributed by atoms with E-state index in [0.29, 0.717) is 11.8 Å². The SMILES string of the molecule is CCC(NC)c1ccc(OCC(=O)OC)cc1. The summed E-state index contributed by atoms with van der Waals surface area (Å²) in [5.74, 6) is 0.292. The summed E-state index contributed by atoms with van der Waals surface area (Å²) in [4.78, 5) is 10.9. The molecule has 0 amide bonds. The van der Waals surface area contributed by atoms with Gasteiger partial charge in [0, 0.05) is 6.04 Å². The Hall–Kier alpha value is -1.55. The van der Waals surface area contributed by atoms with Gasteiger partial charge in [0.15, 0.2) is 6.61 Å². The quantitative estimate of drug-likeness (QED) is 0.768. The Kier molecular flexibility index (Phi) is 5.49. The molecule has 0 aliphatic rings. The first-order chi connectivity index (χ1) is 8.21. The highest BCUT2D eigenvalue weighted by molar-refractivity contribution is 5.70. The van der Waals surface area contributed by atoms with Crippen molar-refractivity contribution in [1.29, 1.82) is 0 Å². The fourth-order valence-electron chi connectivity index (χ4n) is 1.60. The summed E-state index contributed by atoms with van der Waals surface area (Å²) in [5, 5.41) is 3.23. The van der Waals surface area contributed by atoms with Crippen LogP contribution in [0.25, 0.3) is 0 Å². The summed E-state index contributed by atoms with van der Waals surface area (Å²) >= 11 is 0. The Morgan fingerprint density at radius 3 is 2.47 bits per heavy atom. The smallest absolute Gasteiger partial charge is 0.343 e. The molecule has 0 aliphatic carbocycles. The third-order valence-corrected chi connectivity index (χ3v) is 2.62. The van der Waals surface area contributed by atoms with Crippen LogP contribution in [0.15, 0.2) is 24.3 Å². The van der Waals surface area contributed by atoms with E-state index in [1.165, 1.54) is 12.7 Å². The first-order valence-corrected chi connectivity index (χ1v) is 5.68. The van der Waals surface area contributed by atoms with Crippen LogP contribution in [-0.4, -0.2) is 26.7 Å². The predicted molar refractivity (Wildman–Crippen MR) is 66.0 cm³/mol. The minimum atomic E-state index is -0.379. The van der Waals surface area contributed by atoms with E-state index in [2.05, 4.69) is 17.0 Å². The molecule has 0 heterocycles. The summed E-state index contributed by atoms with van der Waals surface area (Å²) in [6.45, 7) is 2.07. The predicted octanol–water partition coefficient (Wildman–Crippen LogP) is 1.91. The van der Waals surface area contributed by atoms with Crippen LogP contribution in [0.1, 0.15) is 24.9 Å². The molecule has 0 aromatic heterocycles. The summed E-state index contributed by atoms with van der Waals surface area (Å²) in [5.41, 5.74) is 1.21. The lowest BCUT2D eigenvalue weighted by Crippen LogP contribution is -2.15. The minimum absolute atomic E-state index is 0.0565. The standard InChI is InChI=1S/C13H19NO3/c1-4-12(14-2)10-5-7-11(8-6-10)17-9-13(15)16-3/h5-8,12,14H,4,9H2,1-3H3. The minimum Gasteiger partial charge on any atom is -0.482 e. The van der Waals surface area contributed by atoms with Gasteiger partial charge in [-0.1, -0.05) is 19.1 Å². The van der Waals surface area contributed by atoms with Crippen molar-refractivity contribution in [2.45, 2.75) is 19.4 Å². The van der Waals surface area contributed by atoms with Crippen LogP contribution >= 0.6 is 0 Å². The zero-order chi connectivity index (χ0) is 12.7. The number of carbonyl (C=O) groups is 1. The van der Waals surface area contributed by atoms with Crippen molar-refractivity contribution in [3.63, 3.8) is 0 Å². The number of carbonyl (C=O) groups excluding carboxylic acids is 1. The summed E-state index contributed by atoms with van der Waals surface area (Å²) in [6.07, 6.45) is 1.03. The maximum Gasteiger partial charge on any atom is 0.343 e. The molecule has 0 aliphatic heterocycles. The van der Waals surface area contributed by atoms with E-state index in [0.717, 1.165) is 6.42 Å². The van der Waals surface area contributed by atoms with Gasteiger partial charge in [-0.15, -0.1) is 0 Å². The van der Waals surface area contributed by atoms with E-state index in [1.807, 2.05) is 31.3 Å². The van der Waals surface area contributed by atoms with Gasteiger partial charge in [-0.2, -0.15) is 0 Å². The molecule has 0 fully saturated rings. The number of hydrogen-bond donors (Lipinski definition) is 1. The number of methoxy groups -OCH3 is 1. The van der Waals surface area contributed by atoms with Crippen molar-refractivity contribution in [2.24, 2.45) is 0 Å². The number of hydrogen-bond acceptors (Lipinski definition) is 4. The highest BCUT2D eigenvalue weighted by Crippen LogP contribution is 2.19. The van der Waals surface area contributed by atoms with Gasteiger partial charge in [0.25, 0.3) is 0 Å². The molecule has 0 spiro atoms. The number of nitrogens with one attached hydrogen (secondary N) is 1. The van der Waals surface area contributed by atoms with Crippen LogP contribution in [0.4, 0.5) is 0 Å². The van der Waals surface area contributed by atoms with Crippen LogP contribution in [0.5, 0.6) is 5.75 Å². The molecule has 94 valence electrons. The molecule has 1 aromatic rings. The van der Waals surface area contributed by atoms with E-state index in [4.69, 9.17) is 4.74 Å². The normalized spacial score (nSPS) is 11.9. The lowest BCUT2D eigenvalue weighted by molar-refractivity contribution is -0.142. The van der Waals surface area contributed by atoms with Crippen LogP contribution in [0.2, 0.25) is 0 Å². The number of ether oxygens (including phenoxy) is 2. The van der Waals surface area contributed by atoms with Gasteiger partial charge in [0.05, 0.1) is 7.11 Å². The molecule has 1 rings (SSSR count). The topological polar surface area (TPSA) is 47.6 Å². The van der Waals surface area contributed by atoms with Gasteiger partial charge in [-0.3, -0.25) is 0 Å². The highest BCUT2D eigenvalue weighted by Gasteiger charge is 2.06. The van der Waals surface area contributed by atoms with Crippen LogP contribution < -0.4 is 10.1 Å². The first-order valence-electron chi connectivity index (χ1n) is 5.68. The molecule has 0 bridgehead atoms. The monoisotopic (exact) mass is 237 g/mol. The molecule has 0 saturated carbocycles. The van der Waals surface area contributed by atoms with E-state index in [9.17, 15) is 4.79 Å². The van der Waals surface area contributed by atoms with Gasteiger partial charge in [-0.25, -0.2) is 4.79 Å². The van der Waals surface area contributed by atoms with E-state index < -0.39 is 0 Å². The molecule has 4 nitrogen and oxygen atoms in total. The van der Waals surface area contributed by atoms with Gasteiger partial charge in [0.1, 0.15) is 5.75 Å². The number of esters is 1. The third-order valence-electron chi connectivity index (χ3n) is 2.62. The summed E-state index contributed by atoms with van der Waals surface area (Å²) in [7, 11) is 3.28. The Labute approximate surface area is 102 Å². The lowest BCUT2D eigenvalue weighted by Gasteiger charge is -2.14. The molecule has 0 saturated heterocycles. The lowest BCUT2D eigenvalue weighted by atomic mass is 10.1. The van der Waals surface area contributed by atoms with Crippen molar-refractivity contribution in [3.8, 4) is 5.75 Å². The molecule has 1 unspecified atom stereocenters. The second kappa shape index (κ2) is 6.91. The van der Waals surface area contributed by atoms with Gasteiger partial charge < -0.3 is 14.8 Å². The first kappa shape index (κ1) is 13.5. The summed E-state index contributed by atoms with van der Waals surface area (Å²) in [6, 6.07) is 8.06. The molecule has 1 N–H and O–H groups in total. The zero-order valence-electron chi connectivity index (χ0n) is 10.5. The average molecular weight is 237 g/mol. The van der Waals surface area contributed by atoms with Crippen molar-refractivity contribution >= 4 is 5.97 Å². The Bertz CT molecular complexity index is 344. The largest absolute Gasteiger partial charge is 0.482 e. The van der Waals surface area contributed by atoms with Crippen LogP contribution in [0, 0.1) is 0 Å². The molecule has 1 aromatic carbocycles. The molecule has 4 heteroatoms. The zero-order valence-corrected chi connectivity index (χ0v) is 10.5. The fraction of sp³-hybridized carbons (Fsp3) is 0.462. The highest BCUT2D eigenvalue weighted by atomic mass is 16.6. The molecular formula is C13H19NO3. The maximum absolute atomic E-state index is 10.9. The van der Waals surface area contributed by atoms with E-state index >= 15 is 0 Å². The Morgan fingerprint density at radius 1 is 1.35 bits per heavy atom. The Morgan fingerprint density at radius 2 is 2.00 bits per heavy atom. The Balaban J connectivity index is 2.58. The molecular weight excluding hydrogens is 218 g/mol. The van der Waals surface area contributed by atoms with Gasteiger partial charge >= 0.3 is 5.97 Å². The molecule has 0 radical (unpaired) electrons. The molecule has 17 heavy (non-hydrogen) atoms. The fourth-order valence-corrected chi connectivity index (χ4v) is 1.60. The van der Waals surface area contributed by atoms with E-state index in [1.54, 1.807) is 0 Å². The van der Waals surface area contributed by atoms with Crippen molar-refractivity contribution in [1.82, 2.24) is 5.32 Å². The van der Waals surface area contributed by atoms with Gasteiger partial charge in [0.2, 0.25) is 0 Å². The second-order valence-corrected chi connectivity index (χ2v) is 3.68. The van der Waals surface area contributed by atoms with Gasteiger partial charge in [-0.05, 0) is 31.2 Å². The summed E-state index contributed by atoms with van der Waals surface area (Å²) < 4.78 is 9.76. The molecule has 1 atom stereocenters. The number of rotatable bonds is 6. The average Bonchev–Trinajstić information content (AvgIpc) is 2.38. The second-order valence-electron chi connectivity index (χ2n) is 3.68.